The van der Waals surface area contributed by atoms with Crippen molar-refractivity contribution < 1.29 is 19.2 Å². The molecule has 2 atom stereocenters. The van der Waals surface area contributed by atoms with Gasteiger partial charge in [0.05, 0.1) is 4.92 Å². The van der Waals surface area contributed by atoms with Gasteiger partial charge >= 0.3 is 5.97 Å². The number of esters is 1. The maximum absolute atomic E-state index is 13.0. The summed E-state index contributed by atoms with van der Waals surface area (Å²) in [4.78, 5) is 23.4. The fourth-order valence-corrected chi connectivity index (χ4v) is 3.20. The highest BCUT2D eigenvalue weighted by Crippen LogP contribution is 2.58. The number of halogens is 2. The molecule has 2 aromatic rings. The van der Waals surface area contributed by atoms with Crippen molar-refractivity contribution in [3.63, 3.8) is 0 Å². The average molecular weight is 410 g/mol. The average Bonchev–Trinajstić information content (AvgIpc) is 3.30. The number of nitrogens with zero attached hydrogens (tertiary/aromatic N) is 1. The minimum Gasteiger partial charge on any atom is -0.457 e. The molecule has 0 aliphatic carbocycles. The van der Waals surface area contributed by atoms with Crippen LogP contribution >= 0.6 is 23.2 Å². The number of epoxide rings is 1. The number of carbonyl (C=O) groups is 1. The minimum absolute atomic E-state index is 0.0780. The zero-order valence-corrected chi connectivity index (χ0v) is 16.4. The topological polar surface area (TPSA) is 82.0 Å². The van der Waals surface area contributed by atoms with Gasteiger partial charge in [0.15, 0.2) is 0 Å². The second kappa shape index (κ2) is 6.78. The molecule has 2 aromatic carbocycles. The van der Waals surface area contributed by atoms with Crippen LogP contribution in [0.15, 0.2) is 42.5 Å². The summed E-state index contributed by atoms with van der Waals surface area (Å²) in [5, 5.41) is 11.5. The number of nitro groups is 1. The van der Waals surface area contributed by atoms with Crippen LogP contribution < -0.4 is 0 Å². The third-order valence-corrected chi connectivity index (χ3v) is 4.62. The lowest BCUT2D eigenvalue weighted by atomic mass is 9.91. The maximum Gasteiger partial charge on any atom is 0.346 e. The molecule has 0 saturated carbocycles. The first-order chi connectivity index (χ1) is 12.5. The lowest BCUT2D eigenvalue weighted by Gasteiger charge is -2.23. The molecule has 0 aromatic heterocycles. The fourth-order valence-electron chi connectivity index (χ4n) is 2.82. The van der Waals surface area contributed by atoms with E-state index in [1.165, 1.54) is 18.2 Å². The highest BCUT2D eigenvalue weighted by molar-refractivity contribution is 6.32. The predicted molar refractivity (Wildman–Crippen MR) is 101 cm³/mol. The van der Waals surface area contributed by atoms with Gasteiger partial charge in [0, 0.05) is 16.7 Å². The second-order valence-electron chi connectivity index (χ2n) is 7.21. The van der Waals surface area contributed by atoms with Crippen molar-refractivity contribution in [2.45, 2.75) is 38.1 Å². The van der Waals surface area contributed by atoms with Crippen molar-refractivity contribution >= 4 is 34.9 Å². The van der Waals surface area contributed by atoms with E-state index in [1.54, 1.807) is 45.0 Å². The van der Waals surface area contributed by atoms with E-state index in [0.717, 1.165) is 5.56 Å². The van der Waals surface area contributed by atoms with Gasteiger partial charge in [-0.3, -0.25) is 10.1 Å². The number of carbonyl (C=O) groups excluding carboxylic acids is 1. The van der Waals surface area contributed by atoms with Gasteiger partial charge in [-0.15, -0.1) is 0 Å². The van der Waals surface area contributed by atoms with Crippen molar-refractivity contribution in [3.05, 3.63) is 73.8 Å². The molecule has 8 heteroatoms. The van der Waals surface area contributed by atoms with Crippen LogP contribution in [0, 0.1) is 10.1 Å². The van der Waals surface area contributed by atoms with Crippen molar-refractivity contribution in [2.24, 2.45) is 0 Å². The monoisotopic (exact) mass is 409 g/mol. The number of hydrogen-bond acceptors (Lipinski definition) is 5. The Hall–Kier alpha value is -2.15. The molecule has 0 spiro atoms. The number of rotatable bonds is 4. The summed E-state index contributed by atoms with van der Waals surface area (Å²) in [6.07, 6.45) is -0.609. The number of benzene rings is 2. The van der Waals surface area contributed by atoms with Gasteiger partial charge < -0.3 is 9.47 Å². The van der Waals surface area contributed by atoms with Gasteiger partial charge in [-0.25, -0.2) is 4.79 Å². The van der Waals surface area contributed by atoms with E-state index in [-0.39, 0.29) is 10.7 Å². The van der Waals surface area contributed by atoms with Crippen LogP contribution in [-0.4, -0.2) is 16.5 Å². The van der Waals surface area contributed by atoms with E-state index in [0.29, 0.717) is 10.6 Å². The minimum atomic E-state index is -1.42. The molecule has 1 saturated heterocycles. The first-order valence-electron chi connectivity index (χ1n) is 8.16. The first kappa shape index (κ1) is 19.6. The molecule has 3 rings (SSSR count). The van der Waals surface area contributed by atoms with Crippen LogP contribution in [-0.2, 0) is 19.9 Å². The van der Waals surface area contributed by atoms with E-state index >= 15 is 0 Å². The summed E-state index contributed by atoms with van der Waals surface area (Å²) in [5.41, 5.74) is -1.26. The van der Waals surface area contributed by atoms with Gasteiger partial charge in [-0.2, -0.15) is 0 Å². The van der Waals surface area contributed by atoms with Gasteiger partial charge in [0.2, 0.25) is 5.60 Å². The normalized spacial score (nSPS) is 21.6. The Balaban J connectivity index is 2.04. The quantitative estimate of drug-likeness (QED) is 0.299. The Morgan fingerprint density at radius 2 is 1.81 bits per heavy atom. The Morgan fingerprint density at radius 1 is 1.19 bits per heavy atom. The molecule has 0 amide bonds. The predicted octanol–water partition coefficient (Wildman–Crippen LogP) is 5.21. The van der Waals surface area contributed by atoms with Crippen LogP contribution in [0.3, 0.4) is 0 Å². The van der Waals surface area contributed by atoms with E-state index in [2.05, 4.69) is 0 Å². The molecule has 1 aliphatic heterocycles. The second-order valence-corrected chi connectivity index (χ2v) is 8.05. The molecule has 0 N–H and O–H groups in total. The SMILES string of the molecule is CC(C)(C)OC(=O)C1(c2ccc([N+](=O)[O-])c(Cl)c2)OC1c1ccc(Cl)cc1. The van der Waals surface area contributed by atoms with Crippen molar-refractivity contribution in [1.82, 2.24) is 0 Å². The summed E-state index contributed by atoms with van der Waals surface area (Å²) in [6, 6.07) is 11.0. The molecule has 27 heavy (non-hydrogen) atoms. The Morgan fingerprint density at radius 3 is 2.33 bits per heavy atom. The highest BCUT2D eigenvalue weighted by Gasteiger charge is 2.66. The van der Waals surface area contributed by atoms with Crippen molar-refractivity contribution in [2.75, 3.05) is 0 Å². The fraction of sp³-hybridized carbons (Fsp3) is 0.316. The van der Waals surface area contributed by atoms with Crippen LogP contribution in [0.25, 0.3) is 0 Å². The number of nitro benzene ring substituents is 1. The molecule has 0 radical (unpaired) electrons. The van der Waals surface area contributed by atoms with Gasteiger partial charge in [-0.05, 0) is 50.6 Å². The van der Waals surface area contributed by atoms with Crippen molar-refractivity contribution in [1.29, 1.82) is 0 Å². The number of hydrogen-bond donors (Lipinski definition) is 0. The smallest absolute Gasteiger partial charge is 0.346 e. The van der Waals surface area contributed by atoms with E-state index in [9.17, 15) is 14.9 Å². The number of ether oxygens (including phenoxy) is 2. The van der Waals surface area contributed by atoms with Gasteiger partial charge in [0.1, 0.15) is 16.7 Å². The largest absolute Gasteiger partial charge is 0.457 e. The third-order valence-electron chi connectivity index (χ3n) is 4.06. The molecule has 0 bridgehead atoms. The molecule has 6 nitrogen and oxygen atoms in total. The Kier molecular flexibility index (Phi) is 4.93. The van der Waals surface area contributed by atoms with Crippen LogP contribution in [0.5, 0.6) is 0 Å². The van der Waals surface area contributed by atoms with Gasteiger partial charge in [0.25, 0.3) is 5.69 Å². The van der Waals surface area contributed by atoms with Crippen LogP contribution in [0.1, 0.15) is 38.0 Å². The molecule has 1 aliphatic rings. The van der Waals surface area contributed by atoms with E-state index in [1.807, 2.05) is 0 Å². The third kappa shape index (κ3) is 3.78. The van der Waals surface area contributed by atoms with E-state index in [4.69, 9.17) is 32.7 Å². The summed E-state index contributed by atoms with van der Waals surface area (Å²) in [6.45, 7) is 5.25. The molecule has 1 fully saturated rings. The summed E-state index contributed by atoms with van der Waals surface area (Å²) >= 11 is 12.0. The van der Waals surface area contributed by atoms with Crippen molar-refractivity contribution in [3.8, 4) is 0 Å². The molecular weight excluding hydrogens is 393 g/mol. The first-order valence-corrected chi connectivity index (χ1v) is 8.91. The zero-order valence-electron chi connectivity index (χ0n) is 14.9. The zero-order chi connectivity index (χ0) is 20.0. The summed E-state index contributed by atoms with van der Waals surface area (Å²) < 4.78 is 11.4. The lowest BCUT2D eigenvalue weighted by Crippen LogP contribution is -2.33. The summed E-state index contributed by atoms with van der Waals surface area (Å²) in [7, 11) is 0. The lowest BCUT2D eigenvalue weighted by molar-refractivity contribution is -0.384. The molecular formula is C19H17Cl2NO5. The summed E-state index contributed by atoms with van der Waals surface area (Å²) in [5.74, 6) is -0.583. The van der Waals surface area contributed by atoms with E-state index < -0.39 is 28.2 Å². The molecule has 2 unspecified atom stereocenters. The standard InChI is InChI=1S/C19H17Cl2NO5/c1-18(2,3)27-17(23)19(12-6-9-15(22(24)25)14(21)10-12)16(26-19)11-4-7-13(20)8-5-11/h4-10,16H,1-3H3. The highest BCUT2D eigenvalue weighted by atomic mass is 35.5. The van der Waals surface area contributed by atoms with Crippen LogP contribution in [0.4, 0.5) is 5.69 Å². The van der Waals surface area contributed by atoms with Gasteiger partial charge in [-0.1, -0.05) is 35.3 Å². The maximum atomic E-state index is 13.0. The Labute approximate surface area is 166 Å². The molecule has 1 heterocycles. The Bertz CT molecular complexity index is 907. The molecule has 142 valence electrons. The van der Waals surface area contributed by atoms with Crippen LogP contribution in [0.2, 0.25) is 10.0 Å².